The van der Waals surface area contributed by atoms with Crippen molar-refractivity contribution >= 4 is 21.7 Å². The van der Waals surface area contributed by atoms with Crippen LogP contribution in [0.15, 0.2) is 16.7 Å². The normalized spacial score (nSPS) is 15.2. The van der Waals surface area contributed by atoms with Gasteiger partial charge in [-0.2, -0.15) is 0 Å². The van der Waals surface area contributed by atoms with Crippen molar-refractivity contribution in [2.24, 2.45) is 0 Å². The zero-order valence-electron chi connectivity index (χ0n) is 9.49. The lowest BCUT2D eigenvalue weighted by Crippen LogP contribution is -2.28. The number of hydrogen-bond acceptors (Lipinski definition) is 3. The SMILES string of the molecule is CCCN(c1ncc(Br)cc1CO)C1CC1. The van der Waals surface area contributed by atoms with Gasteiger partial charge in [0.25, 0.3) is 0 Å². The standard InChI is InChI=1S/C12H17BrN2O/c1-2-5-15(11-3-4-11)12-9(8-16)6-10(13)7-14-12/h6-7,11,16H,2-5,8H2,1H3. The van der Waals surface area contributed by atoms with Crippen LogP contribution in [-0.2, 0) is 6.61 Å². The molecule has 0 bridgehead atoms. The third kappa shape index (κ3) is 2.55. The minimum Gasteiger partial charge on any atom is -0.392 e. The first-order chi connectivity index (χ1) is 7.76. The topological polar surface area (TPSA) is 36.4 Å². The van der Waals surface area contributed by atoms with Gasteiger partial charge in [0.2, 0.25) is 0 Å². The van der Waals surface area contributed by atoms with Crippen molar-refractivity contribution in [3.63, 3.8) is 0 Å². The highest BCUT2D eigenvalue weighted by Gasteiger charge is 2.30. The Hall–Kier alpha value is -0.610. The minimum absolute atomic E-state index is 0.0503. The maximum atomic E-state index is 9.37. The van der Waals surface area contributed by atoms with Crippen molar-refractivity contribution in [1.82, 2.24) is 4.98 Å². The van der Waals surface area contributed by atoms with E-state index in [4.69, 9.17) is 0 Å². The summed E-state index contributed by atoms with van der Waals surface area (Å²) in [6.45, 7) is 3.24. The number of halogens is 1. The van der Waals surface area contributed by atoms with E-state index in [2.05, 4.69) is 32.7 Å². The van der Waals surface area contributed by atoms with Crippen LogP contribution in [0.3, 0.4) is 0 Å². The molecule has 2 rings (SSSR count). The molecule has 0 radical (unpaired) electrons. The Labute approximate surface area is 105 Å². The molecular formula is C12H17BrN2O. The quantitative estimate of drug-likeness (QED) is 0.903. The molecule has 0 aromatic carbocycles. The second-order valence-electron chi connectivity index (χ2n) is 4.22. The highest BCUT2D eigenvalue weighted by molar-refractivity contribution is 9.10. The number of rotatable bonds is 5. The number of pyridine rings is 1. The molecule has 0 spiro atoms. The lowest BCUT2D eigenvalue weighted by atomic mass is 10.2. The highest BCUT2D eigenvalue weighted by Crippen LogP contribution is 2.33. The summed E-state index contributed by atoms with van der Waals surface area (Å²) in [6.07, 6.45) is 5.42. The zero-order valence-corrected chi connectivity index (χ0v) is 11.1. The summed E-state index contributed by atoms with van der Waals surface area (Å²) < 4.78 is 0.924. The predicted octanol–water partition coefficient (Wildman–Crippen LogP) is 2.72. The van der Waals surface area contributed by atoms with Crippen LogP contribution in [-0.4, -0.2) is 22.7 Å². The summed E-state index contributed by atoms with van der Waals surface area (Å²) in [5.41, 5.74) is 0.912. The average Bonchev–Trinajstić information content (AvgIpc) is 3.10. The van der Waals surface area contributed by atoms with E-state index in [0.29, 0.717) is 6.04 Å². The Kier molecular flexibility index (Phi) is 3.82. The second-order valence-corrected chi connectivity index (χ2v) is 5.13. The van der Waals surface area contributed by atoms with Gasteiger partial charge in [-0.1, -0.05) is 6.92 Å². The fraction of sp³-hybridized carbons (Fsp3) is 0.583. The molecule has 0 saturated heterocycles. The summed E-state index contributed by atoms with van der Waals surface area (Å²) in [5, 5.41) is 9.37. The van der Waals surface area contributed by atoms with Gasteiger partial charge < -0.3 is 10.0 Å². The number of aliphatic hydroxyl groups excluding tert-OH is 1. The van der Waals surface area contributed by atoms with E-state index in [1.165, 1.54) is 12.8 Å². The van der Waals surface area contributed by atoms with E-state index < -0.39 is 0 Å². The van der Waals surface area contributed by atoms with Crippen LogP contribution in [0, 0.1) is 0 Å². The molecule has 0 unspecified atom stereocenters. The van der Waals surface area contributed by atoms with Gasteiger partial charge in [0.05, 0.1) is 6.61 Å². The molecule has 0 atom stereocenters. The summed E-state index contributed by atoms with van der Waals surface area (Å²) in [6, 6.07) is 2.59. The van der Waals surface area contributed by atoms with E-state index in [0.717, 1.165) is 28.8 Å². The fourth-order valence-electron chi connectivity index (χ4n) is 1.94. The molecule has 1 N–H and O–H groups in total. The molecule has 1 heterocycles. The lowest BCUT2D eigenvalue weighted by molar-refractivity contribution is 0.281. The van der Waals surface area contributed by atoms with E-state index in [1.54, 1.807) is 6.20 Å². The molecule has 4 heteroatoms. The Balaban J connectivity index is 2.28. The van der Waals surface area contributed by atoms with Crippen LogP contribution in [0.5, 0.6) is 0 Å². The summed E-state index contributed by atoms with van der Waals surface area (Å²) in [7, 11) is 0. The number of anilines is 1. The molecular weight excluding hydrogens is 268 g/mol. The fourth-order valence-corrected chi connectivity index (χ4v) is 2.32. The molecule has 1 saturated carbocycles. The minimum atomic E-state index is 0.0503. The predicted molar refractivity (Wildman–Crippen MR) is 68.5 cm³/mol. The van der Waals surface area contributed by atoms with Crippen LogP contribution < -0.4 is 4.90 Å². The van der Waals surface area contributed by atoms with Crippen LogP contribution in [0.25, 0.3) is 0 Å². The molecule has 1 aliphatic rings. The average molecular weight is 285 g/mol. The lowest BCUT2D eigenvalue weighted by Gasteiger charge is -2.25. The molecule has 0 amide bonds. The van der Waals surface area contributed by atoms with Crippen molar-refractivity contribution < 1.29 is 5.11 Å². The second kappa shape index (κ2) is 5.15. The monoisotopic (exact) mass is 284 g/mol. The highest BCUT2D eigenvalue weighted by atomic mass is 79.9. The van der Waals surface area contributed by atoms with E-state index >= 15 is 0 Å². The van der Waals surface area contributed by atoms with Crippen molar-refractivity contribution in [3.8, 4) is 0 Å². The van der Waals surface area contributed by atoms with Crippen LogP contribution >= 0.6 is 15.9 Å². The largest absolute Gasteiger partial charge is 0.392 e. The molecule has 1 aromatic rings. The van der Waals surface area contributed by atoms with Gasteiger partial charge in [-0.15, -0.1) is 0 Å². The van der Waals surface area contributed by atoms with Crippen LogP contribution in [0.1, 0.15) is 31.7 Å². The van der Waals surface area contributed by atoms with E-state index in [1.807, 2.05) is 6.07 Å². The number of nitrogens with zero attached hydrogens (tertiary/aromatic N) is 2. The Morgan fingerprint density at radius 1 is 1.56 bits per heavy atom. The first-order valence-electron chi connectivity index (χ1n) is 5.78. The number of aliphatic hydroxyl groups is 1. The molecule has 3 nitrogen and oxygen atoms in total. The smallest absolute Gasteiger partial charge is 0.134 e. The maximum absolute atomic E-state index is 9.37. The molecule has 16 heavy (non-hydrogen) atoms. The zero-order chi connectivity index (χ0) is 11.5. The van der Waals surface area contributed by atoms with E-state index in [-0.39, 0.29) is 6.61 Å². The van der Waals surface area contributed by atoms with Gasteiger partial charge >= 0.3 is 0 Å². The third-order valence-corrected chi connectivity index (χ3v) is 3.24. The van der Waals surface area contributed by atoms with Crippen molar-refractivity contribution in [3.05, 3.63) is 22.3 Å². The van der Waals surface area contributed by atoms with Gasteiger partial charge in [-0.25, -0.2) is 4.98 Å². The molecule has 88 valence electrons. The van der Waals surface area contributed by atoms with Crippen LogP contribution in [0.4, 0.5) is 5.82 Å². The summed E-state index contributed by atoms with van der Waals surface area (Å²) in [4.78, 5) is 6.78. The molecule has 1 aliphatic carbocycles. The summed E-state index contributed by atoms with van der Waals surface area (Å²) in [5.74, 6) is 0.954. The van der Waals surface area contributed by atoms with Crippen LogP contribution in [0.2, 0.25) is 0 Å². The Morgan fingerprint density at radius 3 is 2.88 bits per heavy atom. The molecule has 1 aromatic heterocycles. The Morgan fingerprint density at radius 2 is 2.31 bits per heavy atom. The number of hydrogen-bond donors (Lipinski definition) is 1. The number of aromatic nitrogens is 1. The van der Waals surface area contributed by atoms with Gasteiger partial charge in [-0.05, 0) is 41.3 Å². The van der Waals surface area contributed by atoms with Crippen molar-refractivity contribution in [2.45, 2.75) is 38.8 Å². The van der Waals surface area contributed by atoms with Crippen molar-refractivity contribution in [2.75, 3.05) is 11.4 Å². The maximum Gasteiger partial charge on any atom is 0.134 e. The van der Waals surface area contributed by atoms with Gasteiger partial charge in [-0.3, -0.25) is 0 Å². The third-order valence-electron chi connectivity index (χ3n) is 2.80. The Bertz CT molecular complexity index is 366. The first-order valence-corrected chi connectivity index (χ1v) is 6.57. The molecule has 0 aliphatic heterocycles. The van der Waals surface area contributed by atoms with E-state index in [9.17, 15) is 5.11 Å². The summed E-state index contributed by atoms with van der Waals surface area (Å²) >= 11 is 3.39. The van der Waals surface area contributed by atoms with Gasteiger partial charge in [0.1, 0.15) is 5.82 Å². The van der Waals surface area contributed by atoms with Gasteiger partial charge in [0.15, 0.2) is 0 Å². The molecule has 1 fully saturated rings. The first kappa shape index (κ1) is 11.9. The van der Waals surface area contributed by atoms with Gasteiger partial charge in [0, 0.05) is 28.8 Å². The van der Waals surface area contributed by atoms with Crippen molar-refractivity contribution in [1.29, 1.82) is 0 Å².